The summed E-state index contributed by atoms with van der Waals surface area (Å²) in [5.74, 6) is 0. The molecule has 0 atom stereocenters. The Morgan fingerprint density at radius 1 is 0.625 bits per heavy atom. The molecular formula is C12H26O4. The third-order valence-electron chi connectivity index (χ3n) is 2.07. The van der Waals surface area contributed by atoms with Gasteiger partial charge in [-0.15, -0.1) is 0 Å². The smallest absolute Gasteiger partial charge is 0.0701 e. The van der Waals surface area contributed by atoms with Crippen LogP contribution in [0.4, 0.5) is 0 Å². The molecule has 98 valence electrons. The standard InChI is InChI=1S/C12H26O4/c1-3-4-5-6-14-9-10-16-12-11-15-8-7-13-2/h3-12H2,1-2H3. The molecule has 0 aliphatic carbocycles. The minimum atomic E-state index is 0.624. The molecule has 0 saturated heterocycles. The van der Waals surface area contributed by atoms with E-state index in [1.54, 1.807) is 7.11 Å². The topological polar surface area (TPSA) is 36.9 Å². The van der Waals surface area contributed by atoms with Gasteiger partial charge in [-0.1, -0.05) is 19.8 Å². The number of ether oxygens (including phenoxy) is 4. The van der Waals surface area contributed by atoms with E-state index in [0.717, 1.165) is 13.0 Å². The van der Waals surface area contributed by atoms with Crippen molar-refractivity contribution < 1.29 is 18.9 Å². The molecule has 0 fully saturated rings. The largest absolute Gasteiger partial charge is 0.382 e. The lowest BCUT2D eigenvalue weighted by Crippen LogP contribution is -2.11. The third kappa shape index (κ3) is 13.8. The maximum atomic E-state index is 5.40. The summed E-state index contributed by atoms with van der Waals surface area (Å²) in [7, 11) is 1.66. The van der Waals surface area contributed by atoms with E-state index in [2.05, 4.69) is 6.92 Å². The minimum Gasteiger partial charge on any atom is -0.382 e. The molecule has 0 N–H and O–H groups in total. The van der Waals surface area contributed by atoms with Crippen LogP contribution in [0.2, 0.25) is 0 Å². The van der Waals surface area contributed by atoms with E-state index >= 15 is 0 Å². The van der Waals surface area contributed by atoms with Crippen LogP contribution in [0.25, 0.3) is 0 Å². The van der Waals surface area contributed by atoms with Gasteiger partial charge in [-0.05, 0) is 6.42 Å². The van der Waals surface area contributed by atoms with Crippen LogP contribution in [0, 0.1) is 0 Å². The molecule has 0 radical (unpaired) electrons. The summed E-state index contributed by atoms with van der Waals surface area (Å²) in [5.41, 5.74) is 0. The van der Waals surface area contributed by atoms with Crippen LogP contribution in [0.5, 0.6) is 0 Å². The highest BCUT2D eigenvalue weighted by Gasteiger charge is 1.91. The quantitative estimate of drug-likeness (QED) is 0.456. The molecule has 0 amide bonds. The third-order valence-corrected chi connectivity index (χ3v) is 2.07. The van der Waals surface area contributed by atoms with Crippen LogP contribution in [0.1, 0.15) is 26.2 Å². The average molecular weight is 234 g/mol. The highest BCUT2D eigenvalue weighted by atomic mass is 16.6. The fourth-order valence-electron chi connectivity index (χ4n) is 1.14. The molecule has 0 aromatic carbocycles. The Hall–Kier alpha value is -0.160. The first-order valence-corrected chi connectivity index (χ1v) is 6.14. The zero-order valence-corrected chi connectivity index (χ0v) is 10.7. The summed E-state index contributed by atoms with van der Waals surface area (Å²) in [6.45, 7) is 6.89. The zero-order chi connectivity index (χ0) is 11.9. The van der Waals surface area contributed by atoms with Gasteiger partial charge in [0.15, 0.2) is 0 Å². The molecule has 0 unspecified atom stereocenters. The molecule has 0 aromatic rings. The Morgan fingerprint density at radius 2 is 1.12 bits per heavy atom. The van der Waals surface area contributed by atoms with E-state index in [9.17, 15) is 0 Å². The maximum Gasteiger partial charge on any atom is 0.0701 e. The molecule has 4 nitrogen and oxygen atoms in total. The van der Waals surface area contributed by atoms with Gasteiger partial charge in [-0.2, -0.15) is 0 Å². The van der Waals surface area contributed by atoms with Crippen LogP contribution < -0.4 is 0 Å². The van der Waals surface area contributed by atoms with E-state index in [0.29, 0.717) is 39.6 Å². The molecule has 0 aromatic heterocycles. The van der Waals surface area contributed by atoms with Gasteiger partial charge in [0.25, 0.3) is 0 Å². The van der Waals surface area contributed by atoms with Crippen LogP contribution in [-0.4, -0.2) is 53.4 Å². The normalized spacial score (nSPS) is 10.9. The molecule has 4 heteroatoms. The molecule has 0 aliphatic rings. The summed E-state index contributed by atoms with van der Waals surface area (Å²) < 4.78 is 20.8. The lowest BCUT2D eigenvalue weighted by molar-refractivity contribution is 0.00327. The van der Waals surface area contributed by atoms with Gasteiger partial charge in [0.05, 0.1) is 39.6 Å². The predicted molar refractivity (Wildman–Crippen MR) is 63.9 cm³/mol. The number of hydrogen-bond acceptors (Lipinski definition) is 4. The molecule has 0 rings (SSSR count). The molecule has 0 bridgehead atoms. The van der Waals surface area contributed by atoms with Crippen molar-refractivity contribution >= 4 is 0 Å². The predicted octanol–water partition coefficient (Wildman–Crippen LogP) is 1.87. The number of methoxy groups -OCH3 is 1. The van der Waals surface area contributed by atoms with Crippen LogP contribution in [0.15, 0.2) is 0 Å². The Kier molecular flexibility index (Phi) is 14.7. The van der Waals surface area contributed by atoms with Crippen molar-refractivity contribution in [3.8, 4) is 0 Å². The molecule has 16 heavy (non-hydrogen) atoms. The van der Waals surface area contributed by atoms with E-state index in [1.165, 1.54) is 12.8 Å². The van der Waals surface area contributed by atoms with Gasteiger partial charge in [0.1, 0.15) is 0 Å². The second-order valence-electron chi connectivity index (χ2n) is 3.54. The lowest BCUT2D eigenvalue weighted by Gasteiger charge is -2.06. The van der Waals surface area contributed by atoms with E-state index in [-0.39, 0.29) is 0 Å². The maximum absolute atomic E-state index is 5.40. The first-order valence-electron chi connectivity index (χ1n) is 6.14. The fraction of sp³-hybridized carbons (Fsp3) is 1.00. The molecule has 0 spiro atoms. The summed E-state index contributed by atoms with van der Waals surface area (Å²) in [4.78, 5) is 0. The summed E-state index contributed by atoms with van der Waals surface area (Å²) in [5, 5.41) is 0. The number of hydrogen-bond donors (Lipinski definition) is 0. The molecule has 0 saturated carbocycles. The Morgan fingerprint density at radius 3 is 1.62 bits per heavy atom. The van der Waals surface area contributed by atoms with Gasteiger partial charge in [0.2, 0.25) is 0 Å². The van der Waals surface area contributed by atoms with E-state index < -0.39 is 0 Å². The number of unbranched alkanes of at least 4 members (excludes halogenated alkanes) is 2. The summed E-state index contributed by atoms with van der Waals surface area (Å²) >= 11 is 0. The highest BCUT2D eigenvalue weighted by Crippen LogP contribution is 1.93. The monoisotopic (exact) mass is 234 g/mol. The van der Waals surface area contributed by atoms with Crippen molar-refractivity contribution in [3.05, 3.63) is 0 Å². The average Bonchev–Trinajstić information content (AvgIpc) is 2.31. The summed E-state index contributed by atoms with van der Waals surface area (Å²) in [6.07, 6.45) is 3.63. The Labute approximate surface area is 99.2 Å². The molecular weight excluding hydrogens is 208 g/mol. The van der Waals surface area contributed by atoms with Crippen molar-refractivity contribution in [3.63, 3.8) is 0 Å². The lowest BCUT2D eigenvalue weighted by atomic mass is 10.3. The van der Waals surface area contributed by atoms with E-state index in [1.807, 2.05) is 0 Å². The molecule has 0 heterocycles. The number of rotatable bonds is 13. The Bertz CT molecular complexity index is 106. The second-order valence-corrected chi connectivity index (χ2v) is 3.54. The summed E-state index contributed by atoms with van der Waals surface area (Å²) in [6, 6.07) is 0. The fourth-order valence-corrected chi connectivity index (χ4v) is 1.14. The van der Waals surface area contributed by atoms with Crippen LogP contribution >= 0.6 is 0 Å². The van der Waals surface area contributed by atoms with Gasteiger partial charge < -0.3 is 18.9 Å². The first kappa shape index (κ1) is 15.8. The first-order chi connectivity index (χ1) is 7.91. The van der Waals surface area contributed by atoms with Gasteiger partial charge in [-0.25, -0.2) is 0 Å². The second kappa shape index (κ2) is 14.8. The van der Waals surface area contributed by atoms with Gasteiger partial charge in [-0.3, -0.25) is 0 Å². The van der Waals surface area contributed by atoms with Crippen LogP contribution in [0.3, 0.4) is 0 Å². The van der Waals surface area contributed by atoms with Crippen molar-refractivity contribution in [2.24, 2.45) is 0 Å². The Balaban J connectivity index is 2.83. The minimum absolute atomic E-state index is 0.624. The van der Waals surface area contributed by atoms with Crippen molar-refractivity contribution in [1.29, 1.82) is 0 Å². The van der Waals surface area contributed by atoms with Gasteiger partial charge >= 0.3 is 0 Å². The van der Waals surface area contributed by atoms with Crippen molar-refractivity contribution in [1.82, 2.24) is 0 Å². The van der Waals surface area contributed by atoms with Gasteiger partial charge in [0, 0.05) is 13.7 Å². The SMILES string of the molecule is CCCCCOCCOCCOCCOC. The molecule has 0 aliphatic heterocycles. The van der Waals surface area contributed by atoms with E-state index in [4.69, 9.17) is 18.9 Å². The van der Waals surface area contributed by atoms with Crippen LogP contribution in [-0.2, 0) is 18.9 Å². The van der Waals surface area contributed by atoms with Crippen molar-refractivity contribution in [2.75, 3.05) is 53.4 Å². The zero-order valence-electron chi connectivity index (χ0n) is 10.7. The van der Waals surface area contributed by atoms with Crippen molar-refractivity contribution in [2.45, 2.75) is 26.2 Å². The highest BCUT2D eigenvalue weighted by molar-refractivity contribution is 4.37.